The Morgan fingerprint density at radius 2 is 2.33 bits per heavy atom. The van der Waals surface area contributed by atoms with Gasteiger partial charge >= 0.3 is 0 Å². The highest BCUT2D eigenvalue weighted by atomic mass is 16.1. The number of nitrogens with two attached hydrogens (primary N) is 1. The van der Waals surface area contributed by atoms with E-state index >= 15 is 0 Å². The van der Waals surface area contributed by atoms with Gasteiger partial charge in [0.15, 0.2) is 0 Å². The van der Waals surface area contributed by atoms with Crippen molar-refractivity contribution in [3.8, 4) is 0 Å². The average molecular weight is 128 g/mol. The van der Waals surface area contributed by atoms with Crippen molar-refractivity contribution in [1.82, 2.24) is 5.32 Å². The van der Waals surface area contributed by atoms with Crippen molar-refractivity contribution in [2.24, 2.45) is 5.73 Å². The number of hydrogen-bond acceptors (Lipinski definition) is 2. The van der Waals surface area contributed by atoms with Crippen molar-refractivity contribution in [3.63, 3.8) is 0 Å². The van der Waals surface area contributed by atoms with Gasteiger partial charge in [0.1, 0.15) is 0 Å². The third kappa shape index (κ3) is 6.68. The molecule has 0 aliphatic carbocycles. The van der Waals surface area contributed by atoms with Gasteiger partial charge in [-0.3, -0.25) is 9.59 Å². The lowest BCUT2D eigenvalue weighted by molar-refractivity contribution is -0.113. The lowest BCUT2D eigenvalue weighted by Gasteiger charge is -1.85. The zero-order valence-electron chi connectivity index (χ0n) is 4.83. The van der Waals surface area contributed by atoms with Crippen LogP contribution in [0.3, 0.4) is 0 Å². The fourth-order valence-electron chi connectivity index (χ4n) is 0.291. The molecule has 0 heterocycles. The third-order valence-corrected chi connectivity index (χ3v) is 0.601. The van der Waals surface area contributed by atoms with Gasteiger partial charge in [0.25, 0.3) is 0 Å². The maximum Gasteiger partial charge on any atom is 0.241 e. The van der Waals surface area contributed by atoms with Crippen LogP contribution in [0.2, 0.25) is 0 Å². The van der Waals surface area contributed by atoms with Gasteiger partial charge in [-0.05, 0) is 0 Å². The minimum Gasteiger partial charge on any atom is -0.366 e. The Balaban J connectivity index is 3.24. The van der Waals surface area contributed by atoms with Crippen LogP contribution >= 0.6 is 0 Å². The largest absolute Gasteiger partial charge is 0.366 e. The monoisotopic (exact) mass is 128 g/mol. The van der Waals surface area contributed by atoms with Crippen LogP contribution in [-0.4, -0.2) is 18.9 Å². The van der Waals surface area contributed by atoms with Crippen LogP contribution < -0.4 is 11.1 Å². The fraction of sp³-hybridized carbons (Fsp3) is 0.200. The van der Waals surface area contributed by atoms with Gasteiger partial charge in [-0.2, -0.15) is 0 Å². The Labute approximate surface area is 52.7 Å². The average Bonchev–Trinajstić information content (AvgIpc) is 1.80. The van der Waals surface area contributed by atoms with Crippen LogP contribution in [0.4, 0.5) is 0 Å². The predicted octanol–water partition coefficient (Wildman–Crippen LogP) is -1.23. The van der Waals surface area contributed by atoms with E-state index in [2.05, 4.69) is 5.32 Å². The first-order valence-electron chi connectivity index (χ1n) is 2.40. The molecular formula is C5H8N2O2. The van der Waals surface area contributed by atoms with Crippen LogP contribution in [0.15, 0.2) is 12.2 Å². The fourth-order valence-corrected chi connectivity index (χ4v) is 0.291. The smallest absolute Gasteiger partial charge is 0.241 e. The molecule has 0 aromatic heterocycles. The molecule has 3 N–H and O–H groups in total. The zero-order valence-corrected chi connectivity index (χ0v) is 4.83. The third-order valence-electron chi connectivity index (χ3n) is 0.601. The summed E-state index contributed by atoms with van der Waals surface area (Å²) in [6, 6.07) is 0. The number of carbonyl (C=O) groups is 2. The number of hydrogen-bond donors (Lipinski definition) is 2. The van der Waals surface area contributed by atoms with E-state index < -0.39 is 5.91 Å². The van der Waals surface area contributed by atoms with Gasteiger partial charge in [-0.15, -0.1) is 0 Å². The molecule has 0 radical (unpaired) electrons. The molecule has 2 amide bonds. The molecule has 9 heavy (non-hydrogen) atoms. The summed E-state index contributed by atoms with van der Waals surface area (Å²) in [6.07, 6.45) is 3.21. The second-order valence-electron chi connectivity index (χ2n) is 1.33. The van der Waals surface area contributed by atoms with Crippen molar-refractivity contribution < 1.29 is 9.59 Å². The molecular weight excluding hydrogens is 120 g/mol. The lowest BCUT2D eigenvalue weighted by atomic mass is 10.5. The molecule has 0 fully saturated rings. The highest BCUT2D eigenvalue weighted by Crippen LogP contribution is 1.65. The Morgan fingerprint density at radius 3 is 2.78 bits per heavy atom. The second-order valence-corrected chi connectivity index (χ2v) is 1.33. The van der Waals surface area contributed by atoms with Gasteiger partial charge in [-0.25, -0.2) is 0 Å². The summed E-state index contributed by atoms with van der Waals surface area (Å²) >= 11 is 0. The van der Waals surface area contributed by atoms with Crippen LogP contribution in [0.25, 0.3) is 0 Å². The summed E-state index contributed by atoms with van der Waals surface area (Å²) in [5.74, 6) is -0.511. The predicted molar refractivity (Wildman–Crippen MR) is 32.4 cm³/mol. The first kappa shape index (κ1) is 7.68. The van der Waals surface area contributed by atoms with Crippen molar-refractivity contribution in [3.05, 3.63) is 12.2 Å². The molecule has 0 bridgehead atoms. The van der Waals surface area contributed by atoms with Gasteiger partial charge in [-0.1, -0.05) is 6.08 Å². The molecule has 0 aromatic carbocycles. The second kappa shape index (κ2) is 4.83. The molecule has 0 aromatic rings. The van der Waals surface area contributed by atoms with Gasteiger partial charge in [0, 0.05) is 12.6 Å². The maximum absolute atomic E-state index is 9.98. The number of carbonyl (C=O) groups excluding carboxylic acids is 2. The molecule has 0 aliphatic rings. The first-order chi connectivity index (χ1) is 4.27. The van der Waals surface area contributed by atoms with Gasteiger partial charge < -0.3 is 11.1 Å². The molecule has 0 rings (SSSR count). The summed E-state index contributed by atoms with van der Waals surface area (Å²) in [6.45, 7) is 0.340. The van der Waals surface area contributed by atoms with E-state index in [0.717, 1.165) is 0 Å². The Kier molecular flexibility index (Phi) is 4.12. The standard InChI is InChI=1S/C5H8N2O2/c6-5(9)2-1-3-7-4-8/h1-2,4H,3H2,(H2,6,9)(H,7,8). The molecule has 0 spiro atoms. The molecule has 0 aliphatic heterocycles. The van der Waals surface area contributed by atoms with E-state index in [0.29, 0.717) is 13.0 Å². The molecule has 4 nitrogen and oxygen atoms in total. The summed E-state index contributed by atoms with van der Waals surface area (Å²) in [5, 5.41) is 2.33. The number of amides is 2. The van der Waals surface area contributed by atoms with Crippen LogP contribution in [-0.2, 0) is 9.59 Å². The van der Waals surface area contributed by atoms with Crippen LogP contribution in [0.1, 0.15) is 0 Å². The van der Waals surface area contributed by atoms with E-state index in [1.807, 2.05) is 0 Å². The van der Waals surface area contributed by atoms with E-state index in [4.69, 9.17) is 5.73 Å². The first-order valence-corrected chi connectivity index (χ1v) is 2.40. The molecule has 0 saturated heterocycles. The number of nitrogens with one attached hydrogen (secondary N) is 1. The van der Waals surface area contributed by atoms with Crippen molar-refractivity contribution in [2.75, 3.05) is 6.54 Å². The number of rotatable bonds is 4. The van der Waals surface area contributed by atoms with Crippen molar-refractivity contribution in [2.45, 2.75) is 0 Å². The summed E-state index contributed by atoms with van der Waals surface area (Å²) in [5.41, 5.74) is 4.73. The minimum atomic E-state index is -0.511. The Hall–Kier alpha value is -1.32. The summed E-state index contributed by atoms with van der Waals surface area (Å²) < 4.78 is 0. The highest BCUT2D eigenvalue weighted by Gasteiger charge is 1.79. The summed E-state index contributed by atoms with van der Waals surface area (Å²) in [7, 11) is 0. The molecule has 0 saturated carbocycles. The zero-order chi connectivity index (χ0) is 7.11. The summed E-state index contributed by atoms with van der Waals surface area (Å²) in [4.78, 5) is 19.6. The SMILES string of the molecule is NC(=O)C=CCNC=O. The van der Waals surface area contributed by atoms with Crippen molar-refractivity contribution >= 4 is 12.3 Å². The van der Waals surface area contributed by atoms with Gasteiger partial charge in [0.05, 0.1) is 0 Å². The topological polar surface area (TPSA) is 72.2 Å². The van der Waals surface area contributed by atoms with E-state index in [1.165, 1.54) is 12.2 Å². The molecule has 4 heteroatoms. The Morgan fingerprint density at radius 1 is 1.67 bits per heavy atom. The van der Waals surface area contributed by atoms with Crippen LogP contribution in [0.5, 0.6) is 0 Å². The normalized spacial score (nSPS) is 9.33. The quantitative estimate of drug-likeness (QED) is 0.283. The van der Waals surface area contributed by atoms with E-state index in [-0.39, 0.29) is 0 Å². The van der Waals surface area contributed by atoms with Crippen LogP contribution in [0, 0.1) is 0 Å². The minimum absolute atomic E-state index is 0.340. The van der Waals surface area contributed by atoms with Crippen molar-refractivity contribution in [1.29, 1.82) is 0 Å². The van der Waals surface area contributed by atoms with Gasteiger partial charge in [0.2, 0.25) is 12.3 Å². The number of primary amides is 1. The molecule has 50 valence electrons. The highest BCUT2D eigenvalue weighted by molar-refractivity contribution is 5.85. The maximum atomic E-state index is 9.98. The lowest BCUT2D eigenvalue weighted by Crippen LogP contribution is -2.11. The molecule has 0 atom stereocenters. The van der Waals surface area contributed by atoms with E-state index in [1.54, 1.807) is 0 Å². The van der Waals surface area contributed by atoms with E-state index in [9.17, 15) is 9.59 Å². The molecule has 0 unspecified atom stereocenters. The Bertz CT molecular complexity index is 131.